The number of piperidine rings is 1. The standard InChI is InChI=1S/C18H23N5O2S/c1-3-4-8-22-16(21-7-5-6-14(19)10-21)9-17(24)23(18(22)25)11-15-12-26-13(2)20-15/h9,12,14H,5-8,10-11,19H2,1-2H3/t14-/m1/s1. The Balaban J connectivity index is 2.06. The number of aromatic nitrogens is 3. The summed E-state index contributed by atoms with van der Waals surface area (Å²) in [5.74, 6) is 6.36. The van der Waals surface area contributed by atoms with Gasteiger partial charge in [-0.1, -0.05) is 5.92 Å². The van der Waals surface area contributed by atoms with Crippen molar-refractivity contribution in [1.82, 2.24) is 14.1 Å². The van der Waals surface area contributed by atoms with Crippen LogP contribution in [0.15, 0.2) is 21.0 Å². The van der Waals surface area contributed by atoms with E-state index in [1.807, 2.05) is 17.2 Å². The van der Waals surface area contributed by atoms with Crippen molar-refractivity contribution in [2.24, 2.45) is 5.73 Å². The molecule has 3 rings (SSSR count). The minimum absolute atomic E-state index is 0.0463. The zero-order valence-corrected chi connectivity index (χ0v) is 15.9. The zero-order valence-electron chi connectivity index (χ0n) is 15.1. The maximum Gasteiger partial charge on any atom is 0.333 e. The average Bonchev–Trinajstić information content (AvgIpc) is 3.02. The van der Waals surface area contributed by atoms with Crippen LogP contribution in [0.4, 0.5) is 5.82 Å². The van der Waals surface area contributed by atoms with Crippen molar-refractivity contribution in [3.8, 4) is 11.8 Å². The lowest BCUT2D eigenvalue weighted by atomic mass is 10.1. The van der Waals surface area contributed by atoms with Crippen LogP contribution in [0.3, 0.4) is 0 Å². The normalized spacial score (nSPS) is 17.0. The minimum atomic E-state index is -0.361. The molecule has 0 unspecified atom stereocenters. The predicted molar refractivity (Wildman–Crippen MR) is 104 cm³/mol. The Morgan fingerprint density at radius 2 is 2.19 bits per heavy atom. The molecule has 1 fully saturated rings. The zero-order chi connectivity index (χ0) is 18.7. The molecule has 7 nitrogen and oxygen atoms in total. The maximum absolute atomic E-state index is 13.0. The molecule has 0 bridgehead atoms. The molecule has 8 heteroatoms. The summed E-state index contributed by atoms with van der Waals surface area (Å²) in [5.41, 5.74) is 6.11. The molecule has 2 aromatic rings. The first kappa shape index (κ1) is 18.4. The monoisotopic (exact) mass is 373 g/mol. The number of hydrogen-bond acceptors (Lipinski definition) is 6. The molecule has 0 radical (unpaired) electrons. The fourth-order valence-corrected chi connectivity index (χ4v) is 3.78. The molecule has 0 aliphatic carbocycles. The maximum atomic E-state index is 13.0. The Bertz CT molecular complexity index is 962. The van der Waals surface area contributed by atoms with E-state index in [0.717, 1.165) is 24.4 Å². The van der Waals surface area contributed by atoms with E-state index in [1.165, 1.54) is 22.0 Å². The fourth-order valence-electron chi connectivity index (χ4n) is 3.18. The van der Waals surface area contributed by atoms with Crippen molar-refractivity contribution in [3.05, 3.63) is 43.0 Å². The van der Waals surface area contributed by atoms with Gasteiger partial charge in [-0.3, -0.25) is 13.9 Å². The molecule has 1 aliphatic heterocycles. The summed E-state index contributed by atoms with van der Waals surface area (Å²) in [6, 6.07) is 1.57. The Labute approximate surface area is 156 Å². The SMILES string of the molecule is CC#CCn1c(N2CCC[C@@H](N)C2)cc(=O)n(Cc2csc(C)n2)c1=O. The second-order valence-corrected chi connectivity index (χ2v) is 7.49. The number of anilines is 1. The molecule has 26 heavy (non-hydrogen) atoms. The topological polar surface area (TPSA) is 86.2 Å². The number of thiazole rings is 1. The molecule has 1 aliphatic rings. The molecule has 1 atom stereocenters. The van der Waals surface area contributed by atoms with E-state index in [9.17, 15) is 9.59 Å². The summed E-state index contributed by atoms with van der Waals surface area (Å²) >= 11 is 1.50. The summed E-state index contributed by atoms with van der Waals surface area (Å²) < 4.78 is 2.79. The quantitative estimate of drug-likeness (QED) is 0.800. The van der Waals surface area contributed by atoms with Crippen molar-refractivity contribution in [2.45, 2.75) is 45.8 Å². The Hall–Kier alpha value is -2.37. The van der Waals surface area contributed by atoms with Crippen molar-refractivity contribution in [3.63, 3.8) is 0 Å². The van der Waals surface area contributed by atoms with Gasteiger partial charge < -0.3 is 10.6 Å². The Kier molecular flexibility index (Phi) is 5.59. The predicted octanol–water partition coefficient (Wildman–Crippen LogP) is 0.774. The van der Waals surface area contributed by atoms with Crippen LogP contribution in [0.2, 0.25) is 0 Å². The first-order valence-corrected chi connectivity index (χ1v) is 9.53. The average molecular weight is 373 g/mol. The van der Waals surface area contributed by atoms with Crippen LogP contribution in [0.25, 0.3) is 0 Å². The van der Waals surface area contributed by atoms with E-state index in [1.54, 1.807) is 11.5 Å². The Morgan fingerprint density at radius 3 is 2.85 bits per heavy atom. The lowest BCUT2D eigenvalue weighted by Crippen LogP contribution is -2.48. The van der Waals surface area contributed by atoms with E-state index >= 15 is 0 Å². The van der Waals surface area contributed by atoms with Gasteiger partial charge in [-0.25, -0.2) is 9.78 Å². The van der Waals surface area contributed by atoms with Gasteiger partial charge in [0.15, 0.2) is 0 Å². The summed E-state index contributed by atoms with van der Waals surface area (Å²) in [5, 5.41) is 2.78. The molecule has 138 valence electrons. The third-order valence-electron chi connectivity index (χ3n) is 4.44. The van der Waals surface area contributed by atoms with Crippen molar-refractivity contribution in [2.75, 3.05) is 18.0 Å². The van der Waals surface area contributed by atoms with Crippen LogP contribution in [0.5, 0.6) is 0 Å². The smallest absolute Gasteiger partial charge is 0.333 e. The molecule has 2 N–H and O–H groups in total. The van der Waals surface area contributed by atoms with Crippen LogP contribution in [0, 0.1) is 18.8 Å². The molecule has 1 saturated heterocycles. The van der Waals surface area contributed by atoms with Gasteiger partial charge in [0.1, 0.15) is 5.82 Å². The van der Waals surface area contributed by atoms with Gasteiger partial charge in [0.25, 0.3) is 5.56 Å². The Morgan fingerprint density at radius 1 is 1.38 bits per heavy atom. The van der Waals surface area contributed by atoms with E-state index in [-0.39, 0.29) is 30.4 Å². The van der Waals surface area contributed by atoms with Gasteiger partial charge in [0.05, 0.1) is 23.8 Å². The number of rotatable bonds is 4. The van der Waals surface area contributed by atoms with Crippen LogP contribution in [-0.2, 0) is 13.1 Å². The van der Waals surface area contributed by atoms with E-state index in [4.69, 9.17) is 5.73 Å². The number of aryl methyl sites for hydroxylation is 1. The number of nitrogens with two attached hydrogens (primary N) is 1. The second kappa shape index (κ2) is 7.89. The highest BCUT2D eigenvalue weighted by Crippen LogP contribution is 2.17. The van der Waals surface area contributed by atoms with Gasteiger partial charge in [-0.15, -0.1) is 17.3 Å². The molecule has 0 spiro atoms. The summed E-state index contributed by atoms with van der Waals surface area (Å²) in [4.78, 5) is 32.1. The molecule has 3 heterocycles. The van der Waals surface area contributed by atoms with Crippen LogP contribution in [0.1, 0.15) is 30.5 Å². The van der Waals surface area contributed by atoms with E-state index in [0.29, 0.717) is 18.1 Å². The summed E-state index contributed by atoms with van der Waals surface area (Å²) in [6.45, 7) is 5.45. The molecular weight excluding hydrogens is 350 g/mol. The minimum Gasteiger partial charge on any atom is -0.356 e. The third-order valence-corrected chi connectivity index (χ3v) is 5.26. The van der Waals surface area contributed by atoms with Crippen LogP contribution >= 0.6 is 11.3 Å². The van der Waals surface area contributed by atoms with Gasteiger partial charge in [0.2, 0.25) is 0 Å². The van der Waals surface area contributed by atoms with E-state index in [2.05, 4.69) is 16.8 Å². The molecule has 2 aromatic heterocycles. The third kappa shape index (κ3) is 3.89. The molecule has 0 saturated carbocycles. The lowest BCUT2D eigenvalue weighted by molar-refractivity contribution is 0.491. The van der Waals surface area contributed by atoms with Crippen molar-refractivity contribution < 1.29 is 0 Å². The van der Waals surface area contributed by atoms with Crippen molar-refractivity contribution >= 4 is 17.2 Å². The van der Waals surface area contributed by atoms with Gasteiger partial charge in [-0.2, -0.15) is 0 Å². The lowest BCUT2D eigenvalue weighted by Gasteiger charge is -2.33. The second-order valence-electron chi connectivity index (χ2n) is 6.43. The first-order valence-electron chi connectivity index (χ1n) is 8.65. The highest BCUT2D eigenvalue weighted by atomic mass is 32.1. The highest BCUT2D eigenvalue weighted by Gasteiger charge is 2.22. The summed E-state index contributed by atoms with van der Waals surface area (Å²) in [6.07, 6.45) is 1.89. The van der Waals surface area contributed by atoms with Crippen molar-refractivity contribution in [1.29, 1.82) is 0 Å². The molecule has 0 aromatic carbocycles. The molecule has 0 amide bonds. The van der Waals surface area contributed by atoms with Crippen LogP contribution in [-0.4, -0.2) is 33.2 Å². The number of nitrogens with zero attached hydrogens (tertiary/aromatic N) is 4. The molecular formula is C18H23N5O2S. The number of hydrogen-bond donors (Lipinski definition) is 1. The fraction of sp³-hybridized carbons (Fsp3) is 0.500. The van der Waals surface area contributed by atoms with Gasteiger partial charge in [0, 0.05) is 30.6 Å². The van der Waals surface area contributed by atoms with E-state index < -0.39 is 0 Å². The summed E-state index contributed by atoms with van der Waals surface area (Å²) in [7, 11) is 0. The highest BCUT2D eigenvalue weighted by molar-refractivity contribution is 7.09. The largest absolute Gasteiger partial charge is 0.356 e. The van der Waals surface area contributed by atoms with Crippen LogP contribution < -0.4 is 21.9 Å². The van der Waals surface area contributed by atoms with Gasteiger partial charge in [-0.05, 0) is 26.7 Å². The van der Waals surface area contributed by atoms with Gasteiger partial charge >= 0.3 is 5.69 Å². The first-order chi connectivity index (χ1) is 12.5.